The number of nitrogens with zero attached hydrogens (tertiary/aromatic N) is 1. The van der Waals surface area contributed by atoms with Crippen molar-refractivity contribution in [1.29, 1.82) is 0 Å². The fraction of sp³-hybridized carbons (Fsp3) is 0.318. The molecule has 6 heteroatoms. The minimum atomic E-state index is -0.403. The average molecular weight is 418 g/mol. The smallest absolute Gasteiger partial charge is 0.267 e. The number of piperidine rings is 1. The van der Waals surface area contributed by atoms with E-state index in [4.69, 9.17) is 23.2 Å². The summed E-state index contributed by atoms with van der Waals surface area (Å²) in [5.41, 5.74) is 2.68. The Balaban J connectivity index is 1.84. The molecule has 0 aromatic heterocycles. The highest BCUT2D eigenvalue weighted by Crippen LogP contribution is 2.34. The Labute approximate surface area is 176 Å². The third-order valence-corrected chi connectivity index (χ3v) is 6.37. The first-order valence-corrected chi connectivity index (χ1v) is 10.1. The molecule has 0 bridgehead atoms. The molecule has 0 atom stereocenters. The minimum absolute atomic E-state index is 0.196. The summed E-state index contributed by atoms with van der Waals surface area (Å²) >= 11 is 12.4. The standard InChI is InChI=1S/C22H25Cl2N3O/c1-15-19(10-9-18(23)20(15)24)27(3)16(2)21(28)26-22(11-13-25-14-12-22)17-7-5-4-6-8-17/h4-10,25H,2,11-14H2,1,3H3,(H,26,28). The van der Waals surface area contributed by atoms with Crippen molar-refractivity contribution in [1.82, 2.24) is 10.6 Å². The largest absolute Gasteiger partial charge is 0.341 e. The summed E-state index contributed by atoms with van der Waals surface area (Å²) in [6, 6.07) is 13.7. The van der Waals surface area contributed by atoms with Crippen LogP contribution in [0.25, 0.3) is 0 Å². The molecule has 0 unspecified atom stereocenters. The van der Waals surface area contributed by atoms with E-state index in [9.17, 15) is 4.79 Å². The van der Waals surface area contributed by atoms with E-state index in [2.05, 4.69) is 29.3 Å². The Morgan fingerprint density at radius 2 is 1.79 bits per heavy atom. The first-order chi connectivity index (χ1) is 13.4. The predicted octanol–water partition coefficient (Wildman–Crippen LogP) is 4.65. The van der Waals surface area contributed by atoms with Crippen LogP contribution in [0, 0.1) is 6.92 Å². The maximum atomic E-state index is 13.1. The van der Waals surface area contributed by atoms with Crippen molar-refractivity contribution < 1.29 is 4.79 Å². The molecule has 3 rings (SSSR count). The number of halogens is 2. The van der Waals surface area contributed by atoms with E-state index in [0.29, 0.717) is 15.7 Å². The second-order valence-corrected chi connectivity index (χ2v) is 7.95. The van der Waals surface area contributed by atoms with Crippen molar-refractivity contribution in [3.8, 4) is 0 Å². The number of carbonyl (C=O) groups is 1. The third-order valence-electron chi connectivity index (χ3n) is 5.48. The van der Waals surface area contributed by atoms with Crippen molar-refractivity contribution in [2.75, 3.05) is 25.0 Å². The number of carbonyl (C=O) groups excluding carboxylic acids is 1. The van der Waals surface area contributed by atoms with Gasteiger partial charge in [0.1, 0.15) is 0 Å². The van der Waals surface area contributed by atoms with Crippen LogP contribution < -0.4 is 15.5 Å². The van der Waals surface area contributed by atoms with Gasteiger partial charge in [-0.15, -0.1) is 0 Å². The number of likely N-dealkylation sites (N-methyl/N-ethyl adjacent to an activating group) is 1. The fourth-order valence-corrected chi connectivity index (χ4v) is 4.05. The van der Waals surface area contributed by atoms with Gasteiger partial charge in [0, 0.05) is 12.7 Å². The molecule has 2 aromatic rings. The van der Waals surface area contributed by atoms with Gasteiger partial charge in [-0.2, -0.15) is 0 Å². The van der Waals surface area contributed by atoms with Crippen LogP contribution in [0.2, 0.25) is 10.0 Å². The van der Waals surface area contributed by atoms with E-state index in [1.54, 1.807) is 11.0 Å². The topological polar surface area (TPSA) is 44.4 Å². The molecule has 1 aliphatic rings. The molecule has 0 radical (unpaired) electrons. The van der Waals surface area contributed by atoms with Gasteiger partial charge >= 0.3 is 0 Å². The van der Waals surface area contributed by atoms with Crippen LogP contribution in [0.1, 0.15) is 24.0 Å². The Morgan fingerprint density at radius 3 is 2.43 bits per heavy atom. The summed E-state index contributed by atoms with van der Waals surface area (Å²) < 4.78 is 0. The number of hydrogen-bond donors (Lipinski definition) is 2. The zero-order chi connectivity index (χ0) is 20.3. The SMILES string of the molecule is C=C(C(=O)NC1(c2ccccc2)CCNCC1)N(C)c1ccc(Cl)c(Cl)c1C. The van der Waals surface area contributed by atoms with E-state index in [1.807, 2.05) is 38.2 Å². The molecule has 2 N–H and O–H groups in total. The molecule has 0 aliphatic carbocycles. The molecular weight excluding hydrogens is 393 g/mol. The molecule has 0 saturated carbocycles. The second kappa shape index (κ2) is 8.56. The van der Waals surface area contributed by atoms with Crippen LogP contribution in [0.15, 0.2) is 54.7 Å². The summed E-state index contributed by atoms with van der Waals surface area (Å²) in [6.07, 6.45) is 1.65. The maximum absolute atomic E-state index is 13.1. The predicted molar refractivity (Wildman–Crippen MR) is 117 cm³/mol. The Hall–Kier alpha value is -2.01. The molecule has 1 heterocycles. The van der Waals surface area contributed by atoms with Crippen LogP contribution in [0.4, 0.5) is 5.69 Å². The van der Waals surface area contributed by atoms with Gasteiger partial charge in [-0.25, -0.2) is 0 Å². The molecule has 4 nitrogen and oxygen atoms in total. The van der Waals surface area contributed by atoms with Crippen molar-refractivity contribution >= 4 is 34.8 Å². The monoisotopic (exact) mass is 417 g/mol. The Morgan fingerprint density at radius 1 is 1.14 bits per heavy atom. The summed E-state index contributed by atoms with van der Waals surface area (Å²) in [4.78, 5) is 14.9. The van der Waals surface area contributed by atoms with Crippen molar-refractivity contribution in [2.24, 2.45) is 0 Å². The molecule has 1 saturated heterocycles. The molecule has 1 aliphatic heterocycles. The Bertz CT molecular complexity index is 877. The highest BCUT2D eigenvalue weighted by molar-refractivity contribution is 6.42. The van der Waals surface area contributed by atoms with Gasteiger partial charge in [0.05, 0.1) is 21.3 Å². The minimum Gasteiger partial charge on any atom is -0.341 e. The van der Waals surface area contributed by atoms with Gasteiger partial charge in [0.2, 0.25) is 0 Å². The number of benzene rings is 2. The maximum Gasteiger partial charge on any atom is 0.267 e. The summed E-state index contributed by atoms with van der Waals surface area (Å²) in [7, 11) is 1.81. The zero-order valence-corrected chi connectivity index (χ0v) is 17.7. The molecule has 0 spiro atoms. The van der Waals surface area contributed by atoms with Crippen LogP contribution in [0.5, 0.6) is 0 Å². The van der Waals surface area contributed by atoms with Gasteiger partial charge in [0.25, 0.3) is 5.91 Å². The molecule has 2 aromatic carbocycles. The van der Waals surface area contributed by atoms with Gasteiger partial charge in [-0.3, -0.25) is 4.79 Å². The van der Waals surface area contributed by atoms with Crippen LogP contribution in [0.3, 0.4) is 0 Å². The van der Waals surface area contributed by atoms with E-state index >= 15 is 0 Å². The number of amides is 1. The van der Waals surface area contributed by atoms with Crippen LogP contribution >= 0.6 is 23.2 Å². The van der Waals surface area contributed by atoms with E-state index < -0.39 is 5.54 Å². The van der Waals surface area contributed by atoms with Gasteiger partial charge < -0.3 is 15.5 Å². The zero-order valence-electron chi connectivity index (χ0n) is 16.2. The lowest BCUT2D eigenvalue weighted by Crippen LogP contribution is -2.53. The number of nitrogens with one attached hydrogen (secondary N) is 2. The van der Waals surface area contributed by atoms with E-state index in [-0.39, 0.29) is 5.91 Å². The number of anilines is 1. The lowest BCUT2D eigenvalue weighted by molar-refractivity contribution is -0.119. The lowest BCUT2D eigenvalue weighted by atomic mass is 9.81. The Kier molecular flexibility index (Phi) is 6.33. The summed E-state index contributed by atoms with van der Waals surface area (Å²) in [6.45, 7) is 7.62. The van der Waals surface area contributed by atoms with E-state index in [0.717, 1.165) is 42.7 Å². The lowest BCUT2D eigenvalue weighted by Gasteiger charge is -2.39. The number of rotatable bonds is 5. The first kappa shape index (κ1) is 20.7. The van der Waals surface area contributed by atoms with Gasteiger partial charge in [0.15, 0.2) is 0 Å². The highest BCUT2D eigenvalue weighted by atomic mass is 35.5. The van der Waals surface area contributed by atoms with Crippen molar-refractivity contribution in [3.05, 3.63) is 75.9 Å². The normalized spacial score (nSPS) is 15.7. The molecule has 1 amide bonds. The fourth-order valence-electron chi connectivity index (χ4n) is 3.69. The second-order valence-electron chi connectivity index (χ2n) is 7.16. The van der Waals surface area contributed by atoms with Crippen LogP contribution in [-0.2, 0) is 10.3 Å². The quantitative estimate of drug-likeness (QED) is 0.695. The molecular formula is C22H25Cl2N3O. The molecule has 1 fully saturated rings. The molecule has 148 valence electrons. The van der Waals surface area contributed by atoms with Gasteiger partial charge in [-0.05, 0) is 56.1 Å². The third kappa shape index (κ3) is 4.04. The summed E-state index contributed by atoms with van der Waals surface area (Å²) in [5, 5.41) is 7.61. The van der Waals surface area contributed by atoms with Crippen molar-refractivity contribution in [3.63, 3.8) is 0 Å². The first-order valence-electron chi connectivity index (χ1n) is 9.32. The van der Waals surface area contributed by atoms with E-state index in [1.165, 1.54) is 0 Å². The highest BCUT2D eigenvalue weighted by Gasteiger charge is 2.36. The summed E-state index contributed by atoms with van der Waals surface area (Å²) in [5.74, 6) is -0.196. The average Bonchev–Trinajstić information content (AvgIpc) is 2.72. The van der Waals surface area contributed by atoms with Crippen molar-refractivity contribution in [2.45, 2.75) is 25.3 Å². The molecule has 28 heavy (non-hydrogen) atoms. The van der Waals surface area contributed by atoms with Gasteiger partial charge in [-0.1, -0.05) is 60.1 Å². The number of hydrogen-bond acceptors (Lipinski definition) is 3. The van der Waals surface area contributed by atoms with Crippen LogP contribution in [-0.4, -0.2) is 26.0 Å².